The number of carbonyl (C=O) groups is 2. The van der Waals surface area contributed by atoms with Crippen LogP contribution in [0.1, 0.15) is 29.9 Å². The fourth-order valence-electron chi connectivity index (χ4n) is 3.57. The van der Waals surface area contributed by atoms with Crippen molar-refractivity contribution in [2.75, 3.05) is 37.1 Å². The van der Waals surface area contributed by atoms with Crippen molar-refractivity contribution < 1.29 is 88.6 Å². The van der Waals surface area contributed by atoms with Gasteiger partial charge in [0.05, 0.1) is 24.2 Å². The van der Waals surface area contributed by atoms with Gasteiger partial charge in [0.25, 0.3) is 0 Å². The van der Waals surface area contributed by atoms with Crippen LogP contribution in [0, 0.1) is 0 Å². The first kappa shape index (κ1) is 34.6. The van der Waals surface area contributed by atoms with Crippen LogP contribution in [0.25, 0.3) is 16.4 Å². The van der Waals surface area contributed by atoms with E-state index in [0.29, 0.717) is 28.0 Å². The first-order chi connectivity index (χ1) is 19.1. The Morgan fingerprint density at radius 1 is 1.17 bits per heavy atom. The van der Waals surface area contributed by atoms with Gasteiger partial charge in [-0.25, -0.2) is 9.99 Å². The molecule has 4 N–H and O–H groups in total. The van der Waals surface area contributed by atoms with Crippen LogP contribution in [0.2, 0.25) is 0 Å². The number of hydrogen-bond acceptors (Lipinski definition) is 9. The predicted molar refractivity (Wildman–Crippen MR) is 142 cm³/mol. The number of nitrogens with zero attached hydrogens (tertiary/aromatic N) is 3. The molecule has 0 aliphatic carbocycles. The van der Waals surface area contributed by atoms with Crippen molar-refractivity contribution in [3.63, 3.8) is 0 Å². The topological polar surface area (TPSA) is 142 Å². The third-order valence-electron chi connectivity index (χ3n) is 5.27. The van der Waals surface area contributed by atoms with Gasteiger partial charge >= 0.3 is 57.6 Å². The van der Waals surface area contributed by atoms with Gasteiger partial charge in [-0.15, -0.1) is 0 Å². The molecule has 41 heavy (non-hydrogen) atoms. The summed E-state index contributed by atoms with van der Waals surface area (Å²) in [5.41, 5.74) is 11.9. The van der Waals surface area contributed by atoms with Crippen LogP contribution in [0.4, 0.5) is 24.5 Å². The van der Waals surface area contributed by atoms with Crippen molar-refractivity contribution in [3.8, 4) is 5.75 Å². The number of aromatic nitrogens is 1. The van der Waals surface area contributed by atoms with Gasteiger partial charge < -0.3 is 30.9 Å². The molecule has 0 saturated heterocycles. The maximum absolute atomic E-state index is 13.2. The zero-order chi connectivity index (χ0) is 29.3. The number of amides is 1. The number of para-hydroxylation sites is 1. The Bertz CT molecular complexity index is 1390. The van der Waals surface area contributed by atoms with Crippen LogP contribution in [0.5, 0.6) is 5.75 Å². The van der Waals surface area contributed by atoms with Gasteiger partial charge in [0.1, 0.15) is 29.8 Å². The number of pyridine rings is 1. The summed E-state index contributed by atoms with van der Waals surface area (Å²) >= 11 is 0. The maximum atomic E-state index is 13.2. The first-order valence-electron chi connectivity index (χ1n) is 11.9. The minimum Gasteiger partial charge on any atom is -0.529 e. The van der Waals surface area contributed by atoms with Gasteiger partial charge in [0.15, 0.2) is 5.78 Å². The number of nitrogens with one attached hydrogen (secondary N) is 2. The monoisotopic (exact) mass is 600 g/mol. The Morgan fingerprint density at radius 2 is 1.88 bits per heavy atom. The number of halogens is 3. The average molecular weight is 601 g/mol. The predicted octanol–water partition coefficient (Wildman–Crippen LogP) is 1.48. The molecular formula is C26H28F3KN6O5. The fourth-order valence-corrected chi connectivity index (χ4v) is 3.57. The molecule has 214 valence electrons. The van der Waals surface area contributed by atoms with Crippen molar-refractivity contribution in [3.05, 3.63) is 77.2 Å². The third kappa shape index (κ3) is 9.19. The van der Waals surface area contributed by atoms with E-state index in [4.69, 9.17) is 20.1 Å². The van der Waals surface area contributed by atoms with Crippen molar-refractivity contribution in [1.82, 2.24) is 10.6 Å². The molecular weight excluding hydrogens is 572 g/mol. The van der Waals surface area contributed by atoms with Gasteiger partial charge in [-0.05, 0) is 49.9 Å². The molecule has 0 spiro atoms. The smallest absolute Gasteiger partial charge is 0.529 e. The third-order valence-corrected chi connectivity index (χ3v) is 5.27. The number of carbonyl (C=O) groups excluding carboxylic acids is 2. The average Bonchev–Trinajstić information content (AvgIpc) is 3.38. The van der Waals surface area contributed by atoms with Gasteiger partial charge in [0, 0.05) is 10.9 Å². The van der Waals surface area contributed by atoms with E-state index in [2.05, 4.69) is 21.4 Å². The van der Waals surface area contributed by atoms with Crippen LogP contribution in [-0.4, -0.2) is 43.5 Å². The fraction of sp³-hybridized carbons (Fsp3) is 0.269. The summed E-state index contributed by atoms with van der Waals surface area (Å²) in [6, 6.07) is 11.8. The number of anilines is 2. The summed E-state index contributed by atoms with van der Waals surface area (Å²) in [6.07, 6.45) is -3.28. The number of ketones is 1. The number of Topliss-reactive ketones (excluding diaryl/α,β-unsaturated/α-hetero) is 1. The minimum absolute atomic E-state index is 0. The number of rotatable bonds is 9. The number of ether oxygens (including phenoxy) is 1. The molecule has 1 aliphatic heterocycles. The second kappa shape index (κ2) is 16.1. The van der Waals surface area contributed by atoms with E-state index in [-0.39, 0.29) is 75.0 Å². The van der Waals surface area contributed by atoms with E-state index in [1.54, 1.807) is 30.3 Å². The summed E-state index contributed by atoms with van der Waals surface area (Å²) in [7, 11) is 1.34. The molecule has 1 aromatic heterocycles. The van der Waals surface area contributed by atoms with Gasteiger partial charge in [-0.3, -0.25) is 9.59 Å². The summed E-state index contributed by atoms with van der Waals surface area (Å²) in [5.74, 6) is -0.546. The first-order valence-corrected chi connectivity index (χ1v) is 11.9. The molecule has 0 radical (unpaired) electrons. The van der Waals surface area contributed by atoms with Crippen LogP contribution in [0.15, 0.2) is 60.5 Å². The number of nitrogens with two attached hydrogens (primary N) is 1. The van der Waals surface area contributed by atoms with Gasteiger partial charge in [0.2, 0.25) is 5.91 Å². The Kier molecular flexibility index (Phi) is 13.6. The van der Waals surface area contributed by atoms with Crippen molar-refractivity contribution in [1.29, 1.82) is 0 Å². The Hall–Kier alpha value is -2.60. The molecule has 4 rings (SSSR count). The van der Waals surface area contributed by atoms with E-state index in [9.17, 15) is 22.8 Å². The van der Waals surface area contributed by atoms with Crippen LogP contribution in [0.3, 0.4) is 0 Å². The molecule has 2 heterocycles. The number of hydroxylamine groups is 1. The van der Waals surface area contributed by atoms with Gasteiger partial charge in [-0.2, -0.15) is 13.2 Å². The number of benzene rings is 2. The van der Waals surface area contributed by atoms with Crippen molar-refractivity contribution in [2.45, 2.75) is 20.0 Å². The second-order valence-electron chi connectivity index (χ2n) is 8.15. The largest absolute Gasteiger partial charge is 1.00 e. The summed E-state index contributed by atoms with van der Waals surface area (Å²) in [6.45, 7) is 3.57. The number of methoxy groups -OCH3 is 1. The maximum Gasteiger partial charge on any atom is 1.00 e. The van der Waals surface area contributed by atoms with E-state index >= 15 is 0 Å². The zero-order valence-electron chi connectivity index (χ0n) is 22.9. The van der Waals surface area contributed by atoms with Crippen molar-refractivity contribution >= 4 is 34.0 Å². The summed E-state index contributed by atoms with van der Waals surface area (Å²) in [4.78, 5) is 37.9. The molecule has 0 bridgehead atoms. The zero-order valence-corrected chi connectivity index (χ0v) is 26.0. The SMILES string of the molecule is CCN.COc1ccc(N2NOC=C2C[N-]OCC(=O)Nc2ccccc2C(C)=O)c2ccc(C(F)(F)F)nc12.[K+]. The molecule has 3 aromatic rings. The number of hydrazine groups is 1. The van der Waals surface area contributed by atoms with E-state index < -0.39 is 24.4 Å². The second-order valence-corrected chi connectivity index (χ2v) is 8.15. The quantitative estimate of drug-likeness (QED) is 0.144. The van der Waals surface area contributed by atoms with Crippen LogP contribution < -0.4 is 77.8 Å². The Morgan fingerprint density at radius 3 is 2.54 bits per heavy atom. The minimum atomic E-state index is -4.62. The molecule has 1 aliphatic rings. The van der Waals surface area contributed by atoms with E-state index in [1.807, 2.05) is 6.92 Å². The Balaban J connectivity index is 0.00000141. The normalized spacial score (nSPS) is 12.5. The molecule has 15 heteroatoms. The molecule has 0 atom stereocenters. The Labute approximate surface area is 276 Å². The molecule has 0 saturated carbocycles. The molecule has 2 aromatic carbocycles. The van der Waals surface area contributed by atoms with E-state index in [1.165, 1.54) is 37.4 Å². The molecule has 0 unspecified atom stereocenters. The standard InChI is InChI=1S/C24H21F3N5O5.C2H7N.K/c1-14(33)16-5-3-4-6-18(16)29-22(34)13-36-28-11-15-12-37-31-32(15)19-8-9-20(35-2)23-17(19)7-10-21(30-23)24(25,26)27;1-2-3;/h3-10,12,31H,11,13H2,1-2H3,(H,29,34);2-3H2,1H3;/q-1;;+1. The summed E-state index contributed by atoms with van der Waals surface area (Å²) < 4.78 is 44.8. The molecule has 1 amide bonds. The molecule has 11 nitrogen and oxygen atoms in total. The number of fused-ring (bicyclic) bond motifs is 1. The van der Waals surface area contributed by atoms with Crippen molar-refractivity contribution in [2.24, 2.45) is 5.73 Å². The number of hydrogen-bond donors (Lipinski definition) is 3. The van der Waals surface area contributed by atoms with Gasteiger partial charge in [-0.1, -0.05) is 31.2 Å². The number of alkyl halides is 3. The molecule has 0 fully saturated rings. The van der Waals surface area contributed by atoms with E-state index in [0.717, 1.165) is 12.6 Å². The van der Waals surface area contributed by atoms with Crippen LogP contribution in [-0.2, 0) is 20.6 Å². The summed E-state index contributed by atoms with van der Waals surface area (Å²) in [5, 5.41) is 4.41. The van der Waals surface area contributed by atoms with Crippen LogP contribution >= 0.6 is 0 Å².